The predicted octanol–water partition coefficient (Wildman–Crippen LogP) is 1.36. The molecule has 2 rings (SSSR count). The van der Waals surface area contributed by atoms with Crippen LogP contribution in [-0.4, -0.2) is 45.2 Å². The maximum Gasteiger partial charge on any atom is 0.211 e. The zero-order valence-electron chi connectivity index (χ0n) is 12.4. The van der Waals surface area contributed by atoms with Crippen LogP contribution in [-0.2, 0) is 10.0 Å². The highest BCUT2D eigenvalue weighted by Gasteiger charge is 2.22. The Hall–Kier alpha value is -1.27. The second-order valence-electron chi connectivity index (χ2n) is 5.50. The highest BCUT2D eigenvalue weighted by molar-refractivity contribution is 7.88. The minimum absolute atomic E-state index is 0.534. The Balaban J connectivity index is 2.23. The van der Waals surface area contributed by atoms with Crippen LogP contribution in [0.3, 0.4) is 0 Å². The van der Waals surface area contributed by atoms with E-state index >= 15 is 0 Å². The van der Waals surface area contributed by atoms with Gasteiger partial charge in [-0.2, -0.15) is 0 Å². The molecule has 6 heteroatoms. The molecule has 0 radical (unpaired) electrons. The SMILES string of the molecule is Cc1cc(N)c(C)c(N2CCCN(S(C)(=O)=O)CC2)c1. The standard InChI is InChI=1S/C14H23N3O2S/c1-11-9-13(15)12(2)14(10-11)16-5-4-6-17(8-7-16)20(3,18)19/h9-10H,4-8,15H2,1-3H3. The summed E-state index contributed by atoms with van der Waals surface area (Å²) in [6, 6.07) is 4.10. The van der Waals surface area contributed by atoms with Crippen LogP contribution in [0.2, 0.25) is 0 Å². The van der Waals surface area contributed by atoms with Crippen molar-refractivity contribution >= 4 is 21.4 Å². The van der Waals surface area contributed by atoms with Crippen LogP contribution in [0.5, 0.6) is 0 Å². The van der Waals surface area contributed by atoms with Crippen molar-refractivity contribution in [3.05, 3.63) is 23.3 Å². The van der Waals surface area contributed by atoms with Gasteiger partial charge in [0.25, 0.3) is 0 Å². The number of anilines is 2. The summed E-state index contributed by atoms with van der Waals surface area (Å²) in [4.78, 5) is 2.24. The molecule has 20 heavy (non-hydrogen) atoms. The van der Waals surface area contributed by atoms with Crippen LogP contribution >= 0.6 is 0 Å². The molecule has 0 amide bonds. The monoisotopic (exact) mass is 297 g/mol. The van der Waals surface area contributed by atoms with Gasteiger partial charge in [0, 0.05) is 37.6 Å². The third-order valence-corrected chi connectivity index (χ3v) is 5.13. The Morgan fingerprint density at radius 3 is 2.45 bits per heavy atom. The summed E-state index contributed by atoms with van der Waals surface area (Å²) in [5.41, 5.74) is 10.2. The van der Waals surface area contributed by atoms with Crippen molar-refractivity contribution in [3.8, 4) is 0 Å². The molecule has 1 saturated heterocycles. The Labute approximate surface area is 121 Å². The molecule has 1 aromatic rings. The van der Waals surface area contributed by atoms with E-state index in [2.05, 4.69) is 11.0 Å². The first-order valence-corrected chi connectivity index (χ1v) is 8.70. The van der Waals surface area contributed by atoms with E-state index in [1.807, 2.05) is 19.9 Å². The van der Waals surface area contributed by atoms with E-state index < -0.39 is 10.0 Å². The zero-order valence-corrected chi connectivity index (χ0v) is 13.2. The maximum atomic E-state index is 11.6. The molecule has 1 heterocycles. The fraction of sp³-hybridized carbons (Fsp3) is 0.571. The van der Waals surface area contributed by atoms with Crippen LogP contribution in [0.1, 0.15) is 17.5 Å². The fourth-order valence-electron chi connectivity index (χ4n) is 2.66. The molecule has 0 atom stereocenters. The molecule has 2 N–H and O–H groups in total. The van der Waals surface area contributed by atoms with Crippen LogP contribution in [0, 0.1) is 13.8 Å². The number of nitrogens with zero attached hydrogens (tertiary/aromatic N) is 2. The summed E-state index contributed by atoms with van der Waals surface area (Å²) in [7, 11) is -3.10. The molecule has 0 saturated carbocycles. The number of hydrogen-bond acceptors (Lipinski definition) is 4. The zero-order chi connectivity index (χ0) is 14.9. The van der Waals surface area contributed by atoms with E-state index in [0.29, 0.717) is 19.6 Å². The molecule has 1 aliphatic rings. The van der Waals surface area contributed by atoms with E-state index in [1.54, 1.807) is 4.31 Å². The lowest BCUT2D eigenvalue weighted by atomic mass is 10.1. The van der Waals surface area contributed by atoms with Gasteiger partial charge in [-0.05, 0) is 43.5 Å². The normalized spacial score (nSPS) is 18.1. The van der Waals surface area contributed by atoms with Gasteiger partial charge in [0.2, 0.25) is 10.0 Å². The molecule has 1 fully saturated rings. The summed E-state index contributed by atoms with van der Waals surface area (Å²) >= 11 is 0. The first kappa shape index (κ1) is 15.1. The largest absolute Gasteiger partial charge is 0.398 e. The van der Waals surface area contributed by atoms with E-state index in [9.17, 15) is 8.42 Å². The fourth-order valence-corrected chi connectivity index (χ4v) is 3.54. The lowest BCUT2D eigenvalue weighted by Crippen LogP contribution is -2.34. The van der Waals surface area contributed by atoms with Crippen molar-refractivity contribution in [2.75, 3.05) is 43.1 Å². The minimum Gasteiger partial charge on any atom is -0.398 e. The lowest BCUT2D eigenvalue weighted by molar-refractivity contribution is 0.437. The average molecular weight is 297 g/mol. The molecule has 5 nitrogen and oxygen atoms in total. The van der Waals surface area contributed by atoms with E-state index in [0.717, 1.165) is 35.5 Å². The Kier molecular flexibility index (Phi) is 4.25. The third kappa shape index (κ3) is 3.24. The number of rotatable bonds is 2. The summed E-state index contributed by atoms with van der Waals surface area (Å²) in [5, 5.41) is 0. The summed E-state index contributed by atoms with van der Waals surface area (Å²) < 4.78 is 24.8. The van der Waals surface area contributed by atoms with Crippen molar-refractivity contribution in [1.82, 2.24) is 4.31 Å². The van der Waals surface area contributed by atoms with Gasteiger partial charge in [0.15, 0.2) is 0 Å². The molecular weight excluding hydrogens is 274 g/mol. The molecule has 0 aliphatic carbocycles. The number of benzene rings is 1. The van der Waals surface area contributed by atoms with Gasteiger partial charge in [-0.3, -0.25) is 0 Å². The van der Waals surface area contributed by atoms with Crippen LogP contribution in [0.25, 0.3) is 0 Å². The number of hydrogen-bond donors (Lipinski definition) is 1. The summed E-state index contributed by atoms with van der Waals surface area (Å²) in [5.74, 6) is 0. The molecule has 1 aromatic carbocycles. The van der Waals surface area contributed by atoms with Gasteiger partial charge in [0.1, 0.15) is 0 Å². The van der Waals surface area contributed by atoms with E-state index in [4.69, 9.17) is 5.73 Å². The van der Waals surface area contributed by atoms with Crippen LogP contribution < -0.4 is 10.6 Å². The van der Waals surface area contributed by atoms with Crippen molar-refractivity contribution in [3.63, 3.8) is 0 Å². The van der Waals surface area contributed by atoms with Gasteiger partial charge in [0.05, 0.1) is 6.26 Å². The van der Waals surface area contributed by atoms with Crippen LogP contribution in [0.4, 0.5) is 11.4 Å². The lowest BCUT2D eigenvalue weighted by Gasteiger charge is -2.26. The van der Waals surface area contributed by atoms with Crippen molar-refractivity contribution in [2.24, 2.45) is 0 Å². The molecule has 0 aromatic heterocycles. The Morgan fingerprint density at radius 1 is 1.10 bits per heavy atom. The molecular formula is C14H23N3O2S. The van der Waals surface area contributed by atoms with Gasteiger partial charge in [-0.25, -0.2) is 12.7 Å². The maximum absolute atomic E-state index is 11.6. The summed E-state index contributed by atoms with van der Waals surface area (Å²) in [6.45, 7) is 6.73. The van der Waals surface area contributed by atoms with Crippen molar-refractivity contribution in [1.29, 1.82) is 0 Å². The minimum atomic E-state index is -3.10. The molecule has 0 spiro atoms. The number of nitrogens with two attached hydrogens (primary N) is 1. The first-order valence-electron chi connectivity index (χ1n) is 6.86. The number of aryl methyl sites for hydroxylation is 1. The molecule has 0 unspecified atom stereocenters. The van der Waals surface area contributed by atoms with Crippen LogP contribution in [0.15, 0.2) is 12.1 Å². The first-order chi connectivity index (χ1) is 9.29. The summed E-state index contributed by atoms with van der Waals surface area (Å²) in [6.07, 6.45) is 2.11. The van der Waals surface area contributed by atoms with Gasteiger partial charge in [-0.1, -0.05) is 0 Å². The topological polar surface area (TPSA) is 66.6 Å². The molecule has 0 bridgehead atoms. The van der Waals surface area contributed by atoms with Gasteiger partial charge in [-0.15, -0.1) is 0 Å². The van der Waals surface area contributed by atoms with E-state index in [1.165, 1.54) is 6.26 Å². The van der Waals surface area contributed by atoms with Crippen molar-refractivity contribution in [2.45, 2.75) is 20.3 Å². The van der Waals surface area contributed by atoms with Crippen molar-refractivity contribution < 1.29 is 8.42 Å². The molecule has 1 aliphatic heterocycles. The average Bonchev–Trinajstić information content (AvgIpc) is 2.58. The number of sulfonamides is 1. The van der Waals surface area contributed by atoms with E-state index in [-0.39, 0.29) is 0 Å². The number of nitrogen functional groups attached to an aromatic ring is 1. The predicted molar refractivity (Wildman–Crippen MR) is 83.6 cm³/mol. The second kappa shape index (κ2) is 5.61. The third-order valence-electron chi connectivity index (χ3n) is 3.83. The highest BCUT2D eigenvalue weighted by atomic mass is 32.2. The second-order valence-corrected chi connectivity index (χ2v) is 7.48. The van der Waals surface area contributed by atoms with Gasteiger partial charge < -0.3 is 10.6 Å². The highest BCUT2D eigenvalue weighted by Crippen LogP contribution is 2.28. The smallest absolute Gasteiger partial charge is 0.211 e. The molecule has 112 valence electrons. The quantitative estimate of drug-likeness (QED) is 0.837. The Bertz CT molecular complexity index is 599. The Morgan fingerprint density at radius 2 is 1.80 bits per heavy atom. The van der Waals surface area contributed by atoms with Gasteiger partial charge >= 0.3 is 0 Å².